The van der Waals surface area contributed by atoms with Crippen LogP contribution in [0.2, 0.25) is 0 Å². The predicted molar refractivity (Wildman–Crippen MR) is 17.0 cm³/mol. The second-order valence-corrected chi connectivity index (χ2v) is 1.39. The summed E-state index contributed by atoms with van der Waals surface area (Å²) in [7, 11) is 2.44. The van der Waals surface area contributed by atoms with E-state index in [2.05, 4.69) is 21.8 Å². The molecule has 0 aromatic rings. The quantitative estimate of drug-likeness (QED) is 0.314. The van der Waals surface area contributed by atoms with Gasteiger partial charge in [0.1, 0.15) is 0 Å². The van der Waals surface area contributed by atoms with Gasteiger partial charge >= 0.3 is 0 Å². The minimum atomic E-state index is -0.556. The molecular formula is CClOSi. The summed E-state index contributed by atoms with van der Waals surface area (Å²) >= 11 is 4.55. The minimum absolute atomic E-state index is 0.556. The first-order valence-electron chi connectivity index (χ1n) is 0.643. The highest BCUT2D eigenvalue weighted by Gasteiger charge is 1.68. The Morgan fingerprint density at radius 1 is 2.00 bits per heavy atom. The van der Waals surface area contributed by atoms with Crippen molar-refractivity contribution in [1.29, 1.82) is 0 Å². The molecule has 0 bridgehead atoms. The molecule has 0 aromatic heterocycles. The summed E-state index contributed by atoms with van der Waals surface area (Å²) in [5, 5.41) is 0. The second-order valence-electron chi connectivity index (χ2n) is 0.274. The molecule has 3 radical (unpaired) electrons. The van der Waals surface area contributed by atoms with Crippen molar-refractivity contribution in [2.45, 2.75) is 0 Å². The molecule has 0 amide bonds. The molecule has 4 heavy (non-hydrogen) atoms. The van der Waals surface area contributed by atoms with Crippen LogP contribution in [0, 0.1) is 0 Å². The van der Waals surface area contributed by atoms with Gasteiger partial charge in [0.25, 0.3) is 0 Å². The van der Waals surface area contributed by atoms with Gasteiger partial charge in [-0.05, 0) is 11.6 Å². The van der Waals surface area contributed by atoms with Gasteiger partial charge in [0, 0.05) is 0 Å². The van der Waals surface area contributed by atoms with E-state index >= 15 is 0 Å². The van der Waals surface area contributed by atoms with Crippen molar-refractivity contribution < 1.29 is 4.79 Å². The smallest absolute Gasteiger partial charge is 0.188 e. The maximum absolute atomic E-state index is 9.12. The number of rotatable bonds is 0. The van der Waals surface area contributed by atoms with Crippen LogP contribution in [0.1, 0.15) is 0 Å². The first-order valence-corrected chi connectivity index (χ1v) is 1.52. The van der Waals surface area contributed by atoms with Gasteiger partial charge in [0.2, 0.25) is 0 Å². The maximum atomic E-state index is 9.12. The molecule has 0 saturated heterocycles. The van der Waals surface area contributed by atoms with Crippen molar-refractivity contribution >= 4 is 26.7 Å². The van der Waals surface area contributed by atoms with Gasteiger partial charge in [0.05, 0.1) is 0 Å². The van der Waals surface area contributed by atoms with E-state index in [0.29, 0.717) is 0 Å². The van der Waals surface area contributed by atoms with Crippen LogP contribution in [-0.2, 0) is 0 Å². The van der Waals surface area contributed by atoms with E-state index in [-0.39, 0.29) is 0 Å². The normalized spacial score (nSPS) is 6.50. The van der Waals surface area contributed by atoms with Crippen LogP contribution in [0.5, 0.6) is 0 Å². The Kier molecular flexibility index (Phi) is 1.56. The van der Waals surface area contributed by atoms with E-state index in [0.717, 1.165) is 0 Å². The van der Waals surface area contributed by atoms with E-state index in [1.54, 1.807) is 0 Å². The number of carbonyl (C=O) groups is 1. The van der Waals surface area contributed by atoms with E-state index in [1.807, 2.05) is 0 Å². The molecule has 0 unspecified atom stereocenters. The van der Waals surface area contributed by atoms with Gasteiger partial charge in [-0.15, -0.1) is 0 Å². The molecule has 0 spiro atoms. The van der Waals surface area contributed by atoms with E-state index < -0.39 is 4.87 Å². The molecule has 3 heteroatoms. The number of carbonyl (C=O) groups excluding carboxylic acids is 1. The zero-order chi connectivity index (χ0) is 3.58. The minimum Gasteiger partial charge on any atom is -0.289 e. The van der Waals surface area contributed by atoms with Crippen LogP contribution < -0.4 is 0 Å². The summed E-state index contributed by atoms with van der Waals surface area (Å²) in [6, 6.07) is 0. The summed E-state index contributed by atoms with van der Waals surface area (Å²) in [5.74, 6) is 0. The first kappa shape index (κ1) is 4.18. The number of halogens is 1. The molecule has 1 nitrogen and oxygen atoms in total. The molecule has 21 valence electrons. The SMILES string of the molecule is O=C([Si])Cl. The van der Waals surface area contributed by atoms with Crippen molar-refractivity contribution in [3.8, 4) is 0 Å². The summed E-state index contributed by atoms with van der Waals surface area (Å²) in [5.41, 5.74) is 0. The molecule has 0 aromatic carbocycles. The Balaban J connectivity index is 2.80. The molecule has 0 aliphatic carbocycles. The zero-order valence-corrected chi connectivity index (χ0v) is 3.54. The fraction of sp³-hybridized carbons (Fsp3) is 0. The van der Waals surface area contributed by atoms with Gasteiger partial charge < -0.3 is 0 Å². The maximum Gasteiger partial charge on any atom is 0.188 e. The summed E-state index contributed by atoms with van der Waals surface area (Å²) in [6.07, 6.45) is 0. The molecule has 0 aliphatic heterocycles. The van der Waals surface area contributed by atoms with Crippen molar-refractivity contribution in [2.75, 3.05) is 0 Å². The number of hydrogen-bond donors (Lipinski definition) is 0. The van der Waals surface area contributed by atoms with Crippen LogP contribution in [0.15, 0.2) is 0 Å². The van der Waals surface area contributed by atoms with Crippen LogP contribution in [0.25, 0.3) is 0 Å². The predicted octanol–water partition coefficient (Wildman–Crippen LogP) is 0.514. The molecule has 0 fully saturated rings. The number of hydrogen-bond acceptors (Lipinski definition) is 1. The standard InChI is InChI=1S/CClOSi/c2-1(3)4. The van der Waals surface area contributed by atoms with E-state index in [1.165, 1.54) is 0 Å². The van der Waals surface area contributed by atoms with E-state index in [9.17, 15) is 0 Å². The Morgan fingerprint density at radius 2 is 2.00 bits per heavy atom. The third kappa shape index (κ3) is 96.4. The second kappa shape index (κ2) is 1.49. The molecule has 0 saturated carbocycles. The van der Waals surface area contributed by atoms with Crippen LogP contribution in [0.4, 0.5) is 4.79 Å². The molecule has 0 atom stereocenters. The molecule has 0 aliphatic rings. The lowest BCUT2D eigenvalue weighted by Crippen LogP contribution is -1.69. The highest BCUT2D eigenvalue weighted by molar-refractivity contribution is 6.91. The topological polar surface area (TPSA) is 17.1 Å². The fourth-order valence-electron chi connectivity index (χ4n) is 0. The Morgan fingerprint density at radius 3 is 2.00 bits per heavy atom. The van der Waals surface area contributed by atoms with Gasteiger partial charge in [-0.1, -0.05) is 0 Å². The molecule has 0 N–H and O–H groups in total. The third-order valence-electron chi connectivity index (χ3n) is 0. The van der Waals surface area contributed by atoms with Crippen LogP contribution >= 0.6 is 11.6 Å². The highest BCUT2D eigenvalue weighted by Crippen LogP contribution is 1.66. The van der Waals surface area contributed by atoms with Crippen molar-refractivity contribution in [3.63, 3.8) is 0 Å². The largest absolute Gasteiger partial charge is 0.289 e. The summed E-state index contributed by atoms with van der Waals surface area (Å²) in [6.45, 7) is 0. The van der Waals surface area contributed by atoms with Gasteiger partial charge in [0.15, 0.2) is 15.1 Å². The van der Waals surface area contributed by atoms with E-state index in [4.69, 9.17) is 4.79 Å². The Labute approximate surface area is 32.4 Å². The lowest BCUT2D eigenvalue weighted by molar-refractivity contribution is 0.275. The zero-order valence-electron chi connectivity index (χ0n) is 1.79. The lowest BCUT2D eigenvalue weighted by Gasteiger charge is -1.51. The molecule has 0 rings (SSSR count). The van der Waals surface area contributed by atoms with Crippen molar-refractivity contribution in [1.82, 2.24) is 0 Å². The van der Waals surface area contributed by atoms with Crippen molar-refractivity contribution in [3.05, 3.63) is 0 Å². The first-order chi connectivity index (χ1) is 1.73. The molecular weight excluding hydrogens is 91.5 g/mol. The van der Waals surface area contributed by atoms with Crippen LogP contribution in [0.3, 0.4) is 0 Å². The lowest BCUT2D eigenvalue weighted by atomic mass is 11.8. The van der Waals surface area contributed by atoms with Gasteiger partial charge in [-0.3, -0.25) is 4.79 Å². The highest BCUT2D eigenvalue weighted by atomic mass is 35.5. The Hall–Kier alpha value is 0.177. The van der Waals surface area contributed by atoms with Crippen molar-refractivity contribution in [2.24, 2.45) is 0 Å². The monoisotopic (exact) mass is 90.9 g/mol. The van der Waals surface area contributed by atoms with Crippen LogP contribution in [-0.4, -0.2) is 15.1 Å². The van der Waals surface area contributed by atoms with Gasteiger partial charge in [-0.25, -0.2) is 0 Å². The fourth-order valence-corrected chi connectivity index (χ4v) is 0. The summed E-state index contributed by atoms with van der Waals surface area (Å²) in [4.78, 5) is 8.57. The summed E-state index contributed by atoms with van der Waals surface area (Å²) < 4.78 is 0. The molecule has 0 heterocycles. The third-order valence-corrected chi connectivity index (χ3v) is 0. The average Bonchev–Trinajstić information content (AvgIpc) is 0.811. The average molecular weight is 91.5 g/mol. The Bertz CT molecular complexity index is 31.0. The van der Waals surface area contributed by atoms with Gasteiger partial charge in [-0.2, -0.15) is 0 Å².